The van der Waals surface area contributed by atoms with Gasteiger partial charge in [0, 0.05) is 6.54 Å². The van der Waals surface area contributed by atoms with Gasteiger partial charge in [-0.05, 0) is 44.3 Å². The van der Waals surface area contributed by atoms with Crippen molar-refractivity contribution in [1.29, 1.82) is 0 Å². The van der Waals surface area contributed by atoms with Crippen LogP contribution in [0.3, 0.4) is 0 Å². The first-order valence-corrected chi connectivity index (χ1v) is 4.85. The van der Waals surface area contributed by atoms with E-state index in [2.05, 4.69) is 4.90 Å². The van der Waals surface area contributed by atoms with Gasteiger partial charge in [0.05, 0.1) is 0 Å². The minimum Gasteiger partial charge on any atom is -0.330 e. The molecule has 0 aliphatic rings. The fraction of sp³-hybridized carbons (Fsp3) is 0.455. The van der Waals surface area contributed by atoms with Gasteiger partial charge in [0.25, 0.3) is 0 Å². The zero-order valence-electron chi connectivity index (χ0n) is 9.36. The maximum absolute atomic E-state index is 12.6. The molecule has 0 aliphatic carbocycles. The third-order valence-electron chi connectivity index (χ3n) is 2.11. The molecule has 16 heavy (non-hydrogen) atoms. The Labute approximate surface area is 109 Å². The second-order valence-corrected chi connectivity index (χ2v) is 3.51. The van der Waals surface area contributed by atoms with E-state index in [9.17, 15) is 4.39 Å². The van der Waals surface area contributed by atoms with Crippen LogP contribution in [-0.4, -0.2) is 25.0 Å². The molecular formula is C11H19Cl2FN2. The Hall–Kier alpha value is -0.350. The second kappa shape index (κ2) is 9.85. The third kappa shape index (κ3) is 7.01. The Balaban J connectivity index is 0. The summed E-state index contributed by atoms with van der Waals surface area (Å²) in [4.78, 5) is 2.18. The molecule has 0 radical (unpaired) electrons. The van der Waals surface area contributed by atoms with Crippen molar-refractivity contribution in [1.82, 2.24) is 4.90 Å². The van der Waals surface area contributed by atoms with E-state index in [-0.39, 0.29) is 30.6 Å². The van der Waals surface area contributed by atoms with Crippen molar-refractivity contribution >= 4 is 24.8 Å². The molecule has 0 spiro atoms. The predicted octanol–water partition coefficient (Wildman–Crippen LogP) is 2.45. The monoisotopic (exact) mass is 268 g/mol. The average molecular weight is 269 g/mol. The standard InChI is InChI=1S/C11H17FN2.2ClH/c1-14(8-2-7-13)9-10-3-5-11(12)6-4-10;;/h3-6H,2,7-9,13H2,1H3;2*1H. The Morgan fingerprint density at radius 2 is 1.75 bits per heavy atom. The molecule has 0 amide bonds. The van der Waals surface area contributed by atoms with Crippen LogP contribution < -0.4 is 5.73 Å². The van der Waals surface area contributed by atoms with Gasteiger partial charge in [0.1, 0.15) is 5.82 Å². The van der Waals surface area contributed by atoms with Crippen LogP contribution >= 0.6 is 24.8 Å². The van der Waals surface area contributed by atoms with Gasteiger partial charge in [0.2, 0.25) is 0 Å². The number of hydrogen-bond donors (Lipinski definition) is 1. The molecule has 0 aromatic heterocycles. The van der Waals surface area contributed by atoms with Gasteiger partial charge in [-0.15, -0.1) is 24.8 Å². The van der Waals surface area contributed by atoms with E-state index in [1.54, 1.807) is 0 Å². The minimum absolute atomic E-state index is 0. The lowest BCUT2D eigenvalue weighted by Crippen LogP contribution is -2.21. The molecule has 1 aromatic rings. The smallest absolute Gasteiger partial charge is 0.123 e. The summed E-state index contributed by atoms with van der Waals surface area (Å²) in [6.07, 6.45) is 0.998. The van der Waals surface area contributed by atoms with Gasteiger partial charge < -0.3 is 10.6 Å². The van der Waals surface area contributed by atoms with Gasteiger partial charge in [0.15, 0.2) is 0 Å². The molecule has 0 fully saturated rings. The first-order valence-electron chi connectivity index (χ1n) is 4.85. The zero-order chi connectivity index (χ0) is 10.4. The Morgan fingerprint density at radius 1 is 1.19 bits per heavy atom. The molecule has 0 bridgehead atoms. The van der Waals surface area contributed by atoms with Gasteiger partial charge in [-0.3, -0.25) is 0 Å². The summed E-state index contributed by atoms with van der Waals surface area (Å²) in [6, 6.07) is 6.61. The fourth-order valence-corrected chi connectivity index (χ4v) is 1.34. The molecule has 5 heteroatoms. The molecule has 0 atom stereocenters. The topological polar surface area (TPSA) is 29.3 Å². The van der Waals surface area contributed by atoms with E-state index in [1.807, 2.05) is 19.2 Å². The van der Waals surface area contributed by atoms with Crippen molar-refractivity contribution < 1.29 is 4.39 Å². The third-order valence-corrected chi connectivity index (χ3v) is 2.11. The highest BCUT2D eigenvalue weighted by molar-refractivity contribution is 5.85. The van der Waals surface area contributed by atoms with Crippen LogP contribution in [0.2, 0.25) is 0 Å². The molecule has 1 aromatic carbocycles. The lowest BCUT2D eigenvalue weighted by atomic mass is 10.2. The van der Waals surface area contributed by atoms with Crippen molar-refractivity contribution in [2.24, 2.45) is 5.73 Å². The van der Waals surface area contributed by atoms with Gasteiger partial charge in [-0.25, -0.2) is 4.39 Å². The molecule has 1 rings (SSSR count). The number of benzene rings is 1. The molecule has 0 saturated heterocycles. The Morgan fingerprint density at radius 3 is 2.25 bits per heavy atom. The Kier molecular flexibility index (Phi) is 11.1. The van der Waals surface area contributed by atoms with E-state index in [1.165, 1.54) is 12.1 Å². The lowest BCUT2D eigenvalue weighted by molar-refractivity contribution is 0.324. The van der Waals surface area contributed by atoms with Crippen LogP contribution in [0.15, 0.2) is 24.3 Å². The number of nitrogens with two attached hydrogens (primary N) is 1. The predicted molar refractivity (Wildman–Crippen MR) is 70.9 cm³/mol. The summed E-state index contributed by atoms with van der Waals surface area (Å²) in [7, 11) is 2.04. The van der Waals surface area contributed by atoms with Crippen LogP contribution in [0.25, 0.3) is 0 Å². The quantitative estimate of drug-likeness (QED) is 0.889. The maximum atomic E-state index is 12.6. The molecule has 2 N–H and O–H groups in total. The molecule has 0 unspecified atom stereocenters. The van der Waals surface area contributed by atoms with E-state index < -0.39 is 0 Å². The Bertz CT molecular complexity index is 267. The molecule has 0 saturated carbocycles. The van der Waals surface area contributed by atoms with Gasteiger partial charge >= 0.3 is 0 Å². The zero-order valence-corrected chi connectivity index (χ0v) is 11.0. The second-order valence-electron chi connectivity index (χ2n) is 3.51. The summed E-state index contributed by atoms with van der Waals surface area (Å²) >= 11 is 0. The van der Waals surface area contributed by atoms with Gasteiger partial charge in [-0.1, -0.05) is 12.1 Å². The van der Waals surface area contributed by atoms with Crippen LogP contribution in [-0.2, 0) is 6.54 Å². The largest absolute Gasteiger partial charge is 0.330 e. The van der Waals surface area contributed by atoms with Crippen LogP contribution in [0.1, 0.15) is 12.0 Å². The highest BCUT2D eigenvalue weighted by Crippen LogP contribution is 2.05. The lowest BCUT2D eigenvalue weighted by Gasteiger charge is -2.15. The van der Waals surface area contributed by atoms with Crippen LogP contribution in [0.5, 0.6) is 0 Å². The molecule has 0 heterocycles. The number of nitrogens with zero attached hydrogens (tertiary/aromatic N) is 1. The van der Waals surface area contributed by atoms with E-state index in [0.29, 0.717) is 6.54 Å². The van der Waals surface area contributed by atoms with Crippen molar-refractivity contribution in [3.63, 3.8) is 0 Å². The highest BCUT2D eigenvalue weighted by atomic mass is 35.5. The summed E-state index contributed by atoms with van der Waals surface area (Å²) < 4.78 is 12.6. The SMILES string of the molecule is CN(CCCN)Cc1ccc(F)cc1.Cl.Cl. The summed E-state index contributed by atoms with van der Waals surface area (Å²) in [5.74, 6) is -0.182. The summed E-state index contributed by atoms with van der Waals surface area (Å²) in [5.41, 5.74) is 6.54. The normalized spacial score (nSPS) is 9.50. The molecule has 0 aliphatic heterocycles. The van der Waals surface area contributed by atoms with E-state index >= 15 is 0 Å². The number of hydrogen-bond acceptors (Lipinski definition) is 2. The first-order chi connectivity index (χ1) is 6.72. The summed E-state index contributed by atoms with van der Waals surface area (Å²) in [6.45, 7) is 2.54. The van der Waals surface area contributed by atoms with Gasteiger partial charge in [-0.2, -0.15) is 0 Å². The maximum Gasteiger partial charge on any atom is 0.123 e. The molecular weight excluding hydrogens is 250 g/mol. The van der Waals surface area contributed by atoms with Crippen LogP contribution in [0.4, 0.5) is 4.39 Å². The minimum atomic E-state index is -0.182. The summed E-state index contributed by atoms with van der Waals surface area (Å²) in [5, 5.41) is 0. The van der Waals surface area contributed by atoms with Crippen molar-refractivity contribution in [2.45, 2.75) is 13.0 Å². The van der Waals surface area contributed by atoms with Crippen LogP contribution in [0, 0.1) is 5.82 Å². The van der Waals surface area contributed by atoms with E-state index in [4.69, 9.17) is 5.73 Å². The number of halogens is 3. The van der Waals surface area contributed by atoms with Crippen molar-refractivity contribution in [3.05, 3.63) is 35.6 Å². The van der Waals surface area contributed by atoms with Crippen molar-refractivity contribution in [2.75, 3.05) is 20.1 Å². The fourth-order valence-electron chi connectivity index (χ4n) is 1.34. The first kappa shape index (κ1) is 18.0. The average Bonchev–Trinajstić information content (AvgIpc) is 2.18. The van der Waals surface area contributed by atoms with E-state index in [0.717, 1.165) is 25.1 Å². The number of rotatable bonds is 5. The molecule has 94 valence electrons. The molecule has 2 nitrogen and oxygen atoms in total. The highest BCUT2D eigenvalue weighted by Gasteiger charge is 1.99. The van der Waals surface area contributed by atoms with Crippen molar-refractivity contribution in [3.8, 4) is 0 Å².